The second kappa shape index (κ2) is 13.9. The highest BCUT2D eigenvalue weighted by Gasteiger charge is 2.13. The van der Waals surface area contributed by atoms with Crippen LogP contribution < -0.4 is 14.8 Å². The topological polar surface area (TPSA) is 30.5 Å². The van der Waals surface area contributed by atoms with E-state index in [9.17, 15) is 0 Å². The standard InChI is InChI=1S/C22H29Cl2NO2.ClH/c1-3-4-5-6-9-12-25-15-17-13-20(24)22(21(14-17)26-2)27-16-18-10-7-8-11-19(18)23;/h7-8,10-11,13-14,25H,3-6,9,12,15-16H2,1-2H3;1H. The fourth-order valence-electron chi connectivity index (χ4n) is 2.87. The fourth-order valence-corrected chi connectivity index (χ4v) is 3.35. The zero-order valence-electron chi connectivity index (χ0n) is 16.6. The molecule has 156 valence electrons. The van der Waals surface area contributed by atoms with E-state index in [1.54, 1.807) is 7.11 Å². The van der Waals surface area contributed by atoms with Gasteiger partial charge in [-0.25, -0.2) is 0 Å². The monoisotopic (exact) mass is 445 g/mol. The number of unbranched alkanes of at least 4 members (excludes halogenated alkanes) is 4. The third-order valence-electron chi connectivity index (χ3n) is 4.41. The molecule has 2 aromatic rings. The van der Waals surface area contributed by atoms with Crippen LogP contribution in [-0.2, 0) is 13.2 Å². The van der Waals surface area contributed by atoms with Gasteiger partial charge in [0.1, 0.15) is 6.61 Å². The Labute approximate surface area is 185 Å². The Bertz CT molecular complexity index is 710. The van der Waals surface area contributed by atoms with Crippen molar-refractivity contribution in [2.45, 2.75) is 52.2 Å². The minimum atomic E-state index is 0. The third-order valence-corrected chi connectivity index (χ3v) is 5.05. The largest absolute Gasteiger partial charge is 0.493 e. The number of rotatable bonds is 12. The molecule has 0 aromatic heterocycles. The first-order valence-electron chi connectivity index (χ1n) is 9.59. The van der Waals surface area contributed by atoms with Crippen LogP contribution in [0, 0.1) is 0 Å². The molecule has 2 aromatic carbocycles. The van der Waals surface area contributed by atoms with E-state index in [1.807, 2.05) is 36.4 Å². The van der Waals surface area contributed by atoms with Crippen molar-refractivity contribution in [3.05, 3.63) is 57.6 Å². The first-order valence-corrected chi connectivity index (χ1v) is 10.3. The lowest BCUT2D eigenvalue weighted by atomic mass is 10.1. The summed E-state index contributed by atoms with van der Waals surface area (Å²) < 4.78 is 11.4. The Morgan fingerprint density at radius 2 is 1.71 bits per heavy atom. The molecule has 0 saturated heterocycles. The lowest BCUT2D eigenvalue weighted by Crippen LogP contribution is -2.14. The zero-order chi connectivity index (χ0) is 19.5. The first-order chi connectivity index (χ1) is 13.2. The van der Waals surface area contributed by atoms with E-state index < -0.39 is 0 Å². The van der Waals surface area contributed by atoms with E-state index in [2.05, 4.69) is 12.2 Å². The second-order valence-electron chi connectivity index (χ2n) is 6.58. The molecule has 1 N–H and O–H groups in total. The molecular formula is C22H30Cl3NO2. The molecule has 6 heteroatoms. The molecule has 2 rings (SSSR count). The van der Waals surface area contributed by atoms with E-state index in [-0.39, 0.29) is 12.4 Å². The Morgan fingerprint density at radius 3 is 2.43 bits per heavy atom. The van der Waals surface area contributed by atoms with Gasteiger partial charge in [0.2, 0.25) is 0 Å². The second-order valence-corrected chi connectivity index (χ2v) is 7.39. The molecule has 0 spiro atoms. The van der Waals surface area contributed by atoms with Crippen molar-refractivity contribution in [3.8, 4) is 11.5 Å². The number of ether oxygens (including phenoxy) is 2. The summed E-state index contributed by atoms with van der Waals surface area (Å²) in [6.07, 6.45) is 6.39. The Kier molecular flexibility index (Phi) is 12.4. The van der Waals surface area contributed by atoms with Gasteiger partial charge in [-0.15, -0.1) is 12.4 Å². The summed E-state index contributed by atoms with van der Waals surface area (Å²) in [5.41, 5.74) is 1.99. The maximum Gasteiger partial charge on any atom is 0.180 e. The van der Waals surface area contributed by atoms with Crippen LogP contribution in [0.5, 0.6) is 11.5 Å². The number of hydrogen-bond acceptors (Lipinski definition) is 3. The minimum absolute atomic E-state index is 0. The van der Waals surface area contributed by atoms with Crippen LogP contribution in [0.4, 0.5) is 0 Å². The molecule has 0 fully saturated rings. The van der Waals surface area contributed by atoms with Gasteiger partial charge < -0.3 is 14.8 Å². The van der Waals surface area contributed by atoms with Crippen LogP contribution in [0.2, 0.25) is 10.0 Å². The summed E-state index contributed by atoms with van der Waals surface area (Å²) in [5.74, 6) is 1.18. The van der Waals surface area contributed by atoms with Gasteiger partial charge in [-0.2, -0.15) is 0 Å². The molecule has 0 saturated carbocycles. The van der Waals surface area contributed by atoms with Crippen molar-refractivity contribution >= 4 is 35.6 Å². The molecule has 0 amide bonds. The molecule has 0 radical (unpaired) electrons. The Balaban J connectivity index is 0.00000392. The molecule has 0 bridgehead atoms. The van der Waals surface area contributed by atoms with E-state index >= 15 is 0 Å². The van der Waals surface area contributed by atoms with Crippen LogP contribution in [0.25, 0.3) is 0 Å². The Morgan fingerprint density at radius 1 is 0.964 bits per heavy atom. The van der Waals surface area contributed by atoms with Crippen molar-refractivity contribution in [2.75, 3.05) is 13.7 Å². The Hall–Kier alpha value is -1.13. The summed E-state index contributed by atoms with van der Waals surface area (Å²) in [5, 5.41) is 4.69. The normalized spacial score (nSPS) is 10.4. The highest BCUT2D eigenvalue weighted by atomic mass is 35.5. The zero-order valence-corrected chi connectivity index (χ0v) is 18.9. The number of benzene rings is 2. The maximum absolute atomic E-state index is 6.45. The predicted molar refractivity (Wildman–Crippen MR) is 122 cm³/mol. The van der Waals surface area contributed by atoms with Gasteiger partial charge in [-0.1, -0.05) is 74.0 Å². The quantitative estimate of drug-likeness (QED) is 0.354. The lowest BCUT2D eigenvalue weighted by Gasteiger charge is -2.15. The highest BCUT2D eigenvalue weighted by Crippen LogP contribution is 2.37. The van der Waals surface area contributed by atoms with Gasteiger partial charge in [0.05, 0.1) is 12.1 Å². The molecule has 3 nitrogen and oxygen atoms in total. The lowest BCUT2D eigenvalue weighted by molar-refractivity contribution is 0.284. The molecule has 0 aliphatic heterocycles. The summed E-state index contributed by atoms with van der Waals surface area (Å²) in [7, 11) is 1.62. The van der Waals surface area contributed by atoms with Gasteiger partial charge in [-0.3, -0.25) is 0 Å². The van der Waals surface area contributed by atoms with Crippen molar-refractivity contribution in [2.24, 2.45) is 0 Å². The number of hydrogen-bond donors (Lipinski definition) is 1. The highest BCUT2D eigenvalue weighted by molar-refractivity contribution is 6.32. The summed E-state index contributed by atoms with van der Waals surface area (Å²) in [4.78, 5) is 0. The minimum Gasteiger partial charge on any atom is -0.493 e. The summed E-state index contributed by atoms with van der Waals surface area (Å²) >= 11 is 12.6. The third kappa shape index (κ3) is 8.08. The van der Waals surface area contributed by atoms with Gasteiger partial charge in [0, 0.05) is 17.1 Å². The SMILES string of the molecule is CCCCCCCNCc1cc(Cl)c(OCc2ccccc2Cl)c(OC)c1.Cl. The maximum atomic E-state index is 6.45. The smallest absolute Gasteiger partial charge is 0.180 e. The van der Waals surface area contributed by atoms with E-state index in [1.165, 1.54) is 32.1 Å². The van der Waals surface area contributed by atoms with Crippen molar-refractivity contribution in [3.63, 3.8) is 0 Å². The van der Waals surface area contributed by atoms with Crippen molar-refractivity contribution in [1.82, 2.24) is 5.32 Å². The number of halogens is 3. The van der Waals surface area contributed by atoms with E-state index in [0.717, 1.165) is 24.2 Å². The van der Waals surface area contributed by atoms with Crippen molar-refractivity contribution < 1.29 is 9.47 Å². The van der Waals surface area contributed by atoms with Crippen LogP contribution in [0.3, 0.4) is 0 Å². The molecule has 0 unspecified atom stereocenters. The van der Waals surface area contributed by atoms with Crippen LogP contribution >= 0.6 is 35.6 Å². The molecular weight excluding hydrogens is 417 g/mol. The molecule has 0 heterocycles. The van der Waals surface area contributed by atoms with Gasteiger partial charge in [0.15, 0.2) is 11.5 Å². The molecule has 0 atom stereocenters. The van der Waals surface area contributed by atoms with Gasteiger partial charge >= 0.3 is 0 Å². The van der Waals surface area contributed by atoms with E-state index in [0.29, 0.717) is 28.2 Å². The van der Waals surface area contributed by atoms with Crippen molar-refractivity contribution in [1.29, 1.82) is 0 Å². The molecule has 28 heavy (non-hydrogen) atoms. The summed E-state index contributed by atoms with van der Waals surface area (Å²) in [6, 6.07) is 11.5. The fraction of sp³-hybridized carbons (Fsp3) is 0.455. The van der Waals surface area contributed by atoms with Gasteiger partial charge in [-0.05, 0) is 36.7 Å². The number of nitrogens with one attached hydrogen (secondary N) is 1. The number of methoxy groups -OCH3 is 1. The van der Waals surface area contributed by atoms with Gasteiger partial charge in [0.25, 0.3) is 0 Å². The molecule has 0 aliphatic carbocycles. The molecule has 0 aliphatic rings. The predicted octanol–water partition coefficient (Wildman–Crippen LogP) is 7.06. The van der Waals surface area contributed by atoms with Crippen LogP contribution in [-0.4, -0.2) is 13.7 Å². The first kappa shape index (κ1) is 24.9. The summed E-state index contributed by atoms with van der Waals surface area (Å²) in [6.45, 7) is 4.34. The van der Waals surface area contributed by atoms with Crippen LogP contribution in [0.1, 0.15) is 50.2 Å². The average molecular weight is 447 g/mol. The van der Waals surface area contributed by atoms with Crippen LogP contribution in [0.15, 0.2) is 36.4 Å². The average Bonchev–Trinajstić information content (AvgIpc) is 2.67. The van der Waals surface area contributed by atoms with E-state index in [4.69, 9.17) is 32.7 Å².